The zero-order chi connectivity index (χ0) is 16.7. The first kappa shape index (κ1) is 17.8. The van der Waals surface area contributed by atoms with Crippen LogP contribution in [-0.2, 0) is 11.2 Å². The van der Waals surface area contributed by atoms with E-state index in [2.05, 4.69) is 39.3 Å². The number of hydrogen-bond donors (Lipinski definition) is 1. The Morgan fingerprint density at radius 1 is 1.43 bits per heavy atom. The number of hydrogen-bond acceptors (Lipinski definition) is 8. The van der Waals surface area contributed by atoms with Crippen molar-refractivity contribution in [3.63, 3.8) is 0 Å². The summed E-state index contributed by atoms with van der Waals surface area (Å²) in [6.07, 6.45) is 5.82. The van der Waals surface area contributed by atoms with Gasteiger partial charge in [0, 0.05) is 31.1 Å². The van der Waals surface area contributed by atoms with E-state index in [9.17, 15) is 4.79 Å². The van der Waals surface area contributed by atoms with Gasteiger partial charge in [-0.15, -0.1) is 10.2 Å². The normalized spacial score (nSPS) is 12.3. The SMILES string of the molecule is CCSc1nnc(NC(=O)CN(C)C(C)Cc2cnccn2)s1. The summed E-state index contributed by atoms with van der Waals surface area (Å²) in [5, 5.41) is 11.3. The quantitative estimate of drug-likeness (QED) is 0.574. The highest BCUT2D eigenvalue weighted by molar-refractivity contribution is 8.01. The second-order valence-corrected chi connectivity index (χ2v) is 7.51. The zero-order valence-corrected chi connectivity index (χ0v) is 15.0. The summed E-state index contributed by atoms with van der Waals surface area (Å²) in [7, 11) is 1.92. The number of anilines is 1. The Kier molecular flexibility index (Phi) is 6.87. The van der Waals surface area contributed by atoms with Crippen LogP contribution >= 0.6 is 23.1 Å². The van der Waals surface area contributed by atoms with Crippen LogP contribution in [-0.4, -0.2) is 56.4 Å². The number of likely N-dealkylation sites (N-methyl/N-ethyl adjacent to an activating group) is 1. The Morgan fingerprint density at radius 2 is 2.26 bits per heavy atom. The fourth-order valence-electron chi connectivity index (χ4n) is 1.88. The van der Waals surface area contributed by atoms with Crippen molar-refractivity contribution in [2.24, 2.45) is 0 Å². The summed E-state index contributed by atoms with van der Waals surface area (Å²) < 4.78 is 0.868. The molecule has 0 bridgehead atoms. The maximum atomic E-state index is 12.1. The molecule has 1 atom stereocenters. The molecule has 0 aliphatic rings. The van der Waals surface area contributed by atoms with Gasteiger partial charge in [-0.1, -0.05) is 30.0 Å². The minimum absolute atomic E-state index is 0.0947. The molecular weight excluding hydrogens is 332 g/mol. The van der Waals surface area contributed by atoms with E-state index in [-0.39, 0.29) is 18.5 Å². The van der Waals surface area contributed by atoms with Crippen LogP contribution in [0, 0.1) is 0 Å². The number of nitrogens with one attached hydrogen (secondary N) is 1. The molecule has 1 amide bonds. The van der Waals surface area contributed by atoms with Crippen molar-refractivity contribution >= 4 is 34.1 Å². The molecule has 0 saturated heterocycles. The van der Waals surface area contributed by atoms with Crippen LogP contribution in [0.5, 0.6) is 0 Å². The van der Waals surface area contributed by atoms with Crippen molar-refractivity contribution in [1.29, 1.82) is 0 Å². The standard InChI is InChI=1S/C14H20N6OS2/c1-4-22-14-19-18-13(23-14)17-12(21)9-20(3)10(2)7-11-8-15-5-6-16-11/h5-6,8,10H,4,7,9H2,1-3H3,(H,17,18,21). The summed E-state index contributed by atoms with van der Waals surface area (Å²) in [5.74, 6) is 0.841. The van der Waals surface area contributed by atoms with Crippen LogP contribution in [0.15, 0.2) is 22.9 Å². The topological polar surface area (TPSA) is 83.9 Å². The Bertz CT molecular complexity index is 621. The molecule has 1 N–H and O–H groups in total. The molecule has 2 aromatic heterocycles. The summed E-state index contributed by atoms with van der Waals surface area (Å²) in [5.41, 5.74) is 0.914. The lowest BCUT2D eigenvalue weighted by molar-refractivity contribution is -0.117. The van der Waals surface area contributed by atoms with Crippen LogP contribution in [0.2, 0.25) is 0 Å². The molecule has 0 spiro atoms. The third-order valence-corrected chi connectivity index (χ3v) is 5.04. The molecule has 0 fully saturated rings. The summed E-state index contributed by atoms with van der Waals surface area (Å²) in [4.78, 5) is 22.4. The molecule has 0 aromatic carbocycles. The Hall–Kier alpha value is -1.58. The average Bonchev–Trinajstić information content (AvgIpc) is 2.95. The smallest absolute Gasteiger partial charge is 0.240 e. The molecule has 2 heterocycles. The first-order valence-corrected chi connectivity index (χ1v) is 9.10. The summed E-state index contributed by atoms with van der Waals surface area (Å²) >= 11 is 3.01. The van der Waals surface area contributed by atoms with Crippen LogP contribution < -0.4 is 5.32 Å². The number of nitrogens with zero attached hydrogens (tertiary/aromatic N) is 5. The minimum atomic E-state index is -0.0947. The first-order valence-electron chi connectivity index (χ1n) is 7.29. The van der Waals surface area contributed by atoms with E-state index in [4.69, 9.17) is 0 Å². The second-order valence-electron chi connectivity index (χ2n) is 5.02. The number of carbonyl (C=O) groups is 1. The third kappa shape index (κ3) is 5.85. The van der Waals surface area contributed by atoms with E-state index < -0.39 is 0 Å². The van der Waals surface area contributed by atoms with E-state index in [1.54, 1.807) is 30.4 Å². The van der Waals surface area contributed by atoms with Crippen LogP contribution in [0.4, 0.5) is 5.13 Å². The molecule has 0 aliphatic heterocycles. The molecule has 0 radical (unpaired) electrons. The van der Waals surface area contributed by atoms with Crippen molar-refractivity contribution < 1.29 is 4.79 Å². The molecule has 2 rings (SSSR count). The molecule has 2 aromatic rings. The maximum absolute atomic E-state index is 12.1. The molecule has 9 heteroatoms. The van der Waals surface area contributed by atoms with Gasteiger partial charge in [0.15, 0.2) is 4.34 Å². The van der Waals surface area contributed by atoms with E-state index >= 15 is 0 Å². The van der Waals surface area contributed by atoms with Crippen LogP contribution in [0.25, 0.3) is 0 Å². The fraction of sp³-hybridized carbons (Fsp3) is 0.500. The Labute approximate surface area is 143 Å². The average molecular weight is 352 g/mol. The Balaban J connectivity index is 1.81. The first-order chi connectivity index (χ1) is 11.1. The van der Waals surface area contributed by atoms with Gasteiger partial charge >= 0.3 is 0 Å². The largest absolute Gasteiger partial charge is 0.299 e. The van der Waals surface area contributed by atoms with E-state index in [1.807, 2.05) is 11.9 Å². The highest BCUT2D eigenvalue weighted by Crippen LogP contribution is 2.24. The number of carbonyl (C=O) groups excluding carboxylic acids is 1. The molecule has 7 nitrogen and oxygen atoms in total. The fourth-order valence-corrected chi connectivity index (χ4v) is 3.54. The predicted octanol–water partition coefficient (Wildman–Crippen LogP) is 1.94. The van der Waals surface area contributed by atoms with Gasteiger partial charge in [-0.25, -0.2) is 0 Å². The summed E-state index contributed by atoms with van der Waals surface area (Å²) in [6.45, 7) is 4.40. The summed E-state index contributed by atoms with van der Waals surface area (Å²) in [6, 6.07) is 0.179. The van der Waals surface area contributed by atoms with Crippen molar-refractivity contribution in [3.05, 3.63) is 24.3 Å². The van der Waals surface area contributed by atoms with Gasteiger partial charge in [-0.05, 0) is 19.7 Å². The molecule has 124 valence electrons. The lowest BCUT2D eigenvalue weighted by Crippen LogP contribution is -2.37. The molecule has 0 saturated carbocycles. The van der Waals surface area contributed by atoms with Gasteiger partial charge in [0.2, 0.25) is 11.0 Å². The van der Waals surface area contributed by atoms with E-state index in [0.29, 0.717) is 5.13 Å². The number of aromatic nitrogens is 4. The van der Waals surface area contributed by atoms with Crippen LogP contribution in [0.3, 0.4) is 0 Å². The highest BCUT2D eigenvalue weighted by atomic mass is 32.2. The highest BCUT2D eigenvalue weighted by Gasteiger charge is 2.15. The molecule has 23 heavy (non-hydrogen) atoms. The van der Waals surface area contributed by atoms with Crippen molar-refractivity contribution in [1.82, 2.24) is 25.1 Å². The predicted molar refractivity (Wildman–Crippen MR) is 92.8 cm³/mol. The van der Waals surface area contributed by atoms with Crippen molar-refractivity contribution in [2.75, 3.05) is 24.7 Å². The second kappa shape index (κ2) is 8.90. The zero-order valence-electron chi connectivity index (χ0n) is 13.4. The van der Waals surface area contributed by atoms with Crippen molar-refractivity contribution in [3.8, 4) is 0 Å². The maximum Gasteiger partial charge on any atom is 0.240 e. The third-order valence-electron chi connectivity index (χ3n) is 3.19. The number of amides is 1. The molecule has 0 aliphatic carbocycles. The Morgan fingerprint density at radius 3 is 2.96 bits per heavy atom. The van der Waals surface area contributed by atoms with Crippen LogP contribution in [0.1, 0.15) is 19.5 Å². The lowest BCUT2D eigenvalue weighted by Gasteiger charge is -2.23. The molecular formula is C14H20N6OS2. The minimum Gasteiger partial charge on any atom is -0.299 e. The van der Waals surface area contributed by atoms with E-state index in [0.717, 1.165) is 22.2 Å². The van der Waals surface area contributed by atoms with Gasteiger partial charge in [0.05, 0.1) is 12.2 Å². The number of rotatable bonds is 8. The van der Waals surface area contributed by atoms with Gasteiger partial charge in [-0.3, -0.25) is 25.0 Å². The van der Waals surface area contributed by atoms with Gasteiger partial charge in [-0.2, -0.15) is 0 Å². The van der Waals surface area contributed by atoms with Gasteiger partial charge in [0.1, 0.15) is 0 Å². The van der Waals surface area contributed by atoms with Gasteiger partial charge in [0.25, 0.3) is 0 Å². The van der Waals surface area contributed by atoms with E-state index in [1.165, 1.54) is 11.3 Å². The van der Waals surface area contributed by atoms with Crippen molar-refractivity contribution in [2.45, 2.75) is 30.6 Å². The monoisotopic (exact) mass is 352 g/mol. The number of thioether (sulfide) groups is 1. The lowest BCUT2D eigenvalue weighted by atomic mass is 10.1. The van der Waals surface area contributed by atoms with Gasteiger partial charge < -0.3 is 0 Å². The molecule has 1 unspecified atom stereocenters.